The molecule has 0 radical (unpaired) electrons. The van der Waals surface area contributed by atoms with Crippen molar-refractivity contribution in [1.82, 2.24) is 15.4 Å². The smallest absolute Gasteiger partial charge is 0.240 e. The summed E-state index contributed by atoms with van der Waals surface area (Å²) in [4.78, 5) is 4.82. The zero-order chi connectivity index (χ0) is 20.3. The molecular weight excluding hydrogens is 491 g/mol. The normalized spacial score (nSPS) is 13.1. The highest BCUT2D eigenvalue weighted by Crippen LogP contribution is 2.11. The summed E-state index contributed by atoms with van der Waals surface area (Å²) in [5.74, 6) is 1.21. The standard InChI is InChI=1S/C19H34N4O3S.HI/c1-6-21-19(22-13-12-18(15(3)4)26-7-2)23-14-16-8-10-17(11-9-16)27(24,25)20-5;/h8-11,15,18,20H,6-7,12-14H2,1-5H3,(H2,21,22,23);1H. The molecule has 0 bridgehead atoms. The number of sulfonamides is 1. The van der Waals surface area contributed by atoms with Crippen molar-refractivity contribution in [1.29, 1.82) is 0 Å². The molecule has 0 heterocycles. The third kappa shape index (κ3) is 9.53. The molecule has 28 heavy (non-hydrogen) atoms. The van der Waals surface area contributed by atoms with Crippen molar-refractivity contribution in [2.75, 3.05) is 26.7 Å². The Bertz CT molecular complexity index is 679. The number of halogens is 1. The van der Waals surface area contributed by atoms with Crippen molar-refractivity contribution in [2.24, 2.45) is 10.9 Å². The highest BCUT2D eigenvalue weighted by molar-refractivity contribution is 14.0. The van der Waals surface area contributed by atoms with E-state index in [1.807, 2.05) is 13.8 Å². The molecule has 0 spiro atoms. The van der Waals surface area contributed by atoms with Crippen LogP contribution in [0.15, 0.2) is 34.2 Å². The molecule has 0 saturated carbocycles. The number of ether oxygens (including phenoxy) is 1. The van der Waals surface area contributed by atoms with E-state index in [2.05, 4.69) is 34.2 Å². The first-order chi connectivity index (χ1) is 12.8. The van der Waals surface area contributed by atoms with Gasteiger partial charge in [0.15, 0.2) is 5.96 Å². The van der Waals surface area contributed by atoms with E-state index in [1.54, 1.807) is 24.3 Å². The lowest BCUT2D eigenvalue weighted by molar-refractivity contribution is 0.0258. The Morgan fingerprint density at radius 3 is 2.29 bits per heavy atom. The summed E-state index contributed by atoms with van der Waals surface area (Å²) < 4.78 is 31.6. The fraction of sp³-hybridized carbons (Fsp3) is 0.632. The van der Waals surface area contributed by atoms with Crippen molar-refractivity contribution >= 4 is 40.0 Å². The lowest BCUT2D eigenvalue weighted by Crippen LogP contribution is -2.39. The Morgan fingerprint density at radius 2 is 1.79 bits per heavy atom. The number of rotatable bonds is 11. The van der Waals surface area contributed by atoms with Gasteiger partial charge in [0, 0.05) is 19.7 Å². The highest BCUT2D eigenvalue weighted by atomic mass is 127. The molecule has 162 valence electrons. The van der Waals surface area contributed by atoms with Crippen LogP contribution in [-0.4, -0.2) is 47.2 Å². The van der Waals surface area contributed by atoms with Crippen molar-refractivity contribution in [3.63, 3.8) is 0 Å². The van der Waals surface area contributed by atoms with E-state index >= 15 is 0 Å². The molecule has 0 aliphatic heterocycles. The maximum absolute atomic E-state index is 11.8. The minimum absolute atomic E-state index is 0. The average Bonchev–Trinajstić information content (AvgIpc) is 2.65. The summed E-state index contributed by atoms with van der Waals surface area (Å²) >= 11 is 0. The number of benzene rings is 1. The van der Waals surface area contributed by atoms with Crippen LogP contribution in [-0.2, 0) is 21.3 Å². The molecule has 0 saturated heterocycles. The maximum atomic E-state index is 11.8. The molecular formula is C19H35IN4O3S. The van der Waals surface area contributed by atoms with E-state index in [4.69, 9.17) is 4.74 Å². The average molecular weight is 526 g/mol. The number of guanidine groups is 1. The van der Waals surface area contributed by atoms with Gasteiger partial charge in [0.05, 0.1) is 17.5 Å². The van der Waals surface area contributed by atoms with Crippen LogP contribution in [0.4, 0.5) is 0 Å². The van der Waals surface area contributed by atoms with Crippen LogP contribution in [0.3, 0.4) is 0 Å². The summed E-state index contributed by atoms with van der Waals surface area (Å²) in [6, 6.07) is 6.74. The van der Waals surface area contributed by atoms with E-state index in [9.17, 15) is 8.42 Å². The zero-order valence-corrected chi connectivity index (χ0v) is 20.6. The summed E-state index contributed by atoms with van der Waals surface area (Å²) in [6.07, 6.45) is 1.14. The van der Waals surface area contributed by atoms with Crippen LogP contribution in [0.5, 0.6) is 0 Å². The number of nitrogens with one attached hydrogen (secondary N) is 3. The van der Waals surface area contributed by atoms with Gasteiger partial charge in [-0.25, -0.2) is 18.1 Å². The summed E-state index contributed by atoms with van der Waals surface area (Å²) in [5.41, 5.74) is 0.941. The number of hydrogen-bond acceptors (Lipinski definition) is 4. The first-order valence-electron chi connectivity index (χ1n) is 9.50. The van der Waals surface area contributed by atoms with Gasteiger partial charge in [-0.3, -0.25) is 0 Å². The van der Waals surface area contributed by atoms with E-state index in [-0.39, 0.29) is 35.0 Å². The Morgan fingerprint density at radius 1 is 1.14 bits per heavy atom. The monoisotopic (exact) mass is 526 g/mol. The molecule has 0 aliphatic rings. The fourth-order valence-electron chi connectivity index (χ4n) is 2.56. The third-order valence-corrected chi connectivity index (χ3v) is 5.54. The zero-order valence-electron chi connectivity index (χ0n) is 17.5. The second-order valence-corrected chi connectivity index (χ2v) is 8.39. The molecule has 1 atom stereocenters. The van der Waals surface area contributed by atoms with Gasteiger partial charge in [0.1, 0.15) is 0 Å². The predicted molar refractivity (Wildman–Crippen MR) is 126 cm³/mol. The van der Waals surface area contributed by atoms with E-state index < -0.39 is 10.0 Å². The minimum Gasteiger partial charge on any atom is -0.378 e. The van der Waals surface area contributed by atoms with Crippen LogP contribution in [0.1, 0.15) is 39.7 Å². The second-order valence-electron chi connectivity index (χ2n) is 6.50. The molecule has 9 heteroatoms. The molecule has 7 nitrogen and oxygen atoms in total. The quantitative estimate of drug-likeness (QED) is 0.234. The van der Waals surface area contributed by atoms with Crippen LogP contribution in [0.25, 0.3) is 0 Å². The van der Waals surface area contributed by atoms with Crippen LogP contribution in [0.2, 0.25) is 0 Å². The molecule has 1 aromatic rings. The first kappa shape index (κ1) is 27.1. The van der Waals surface area contributed by atoms with Crippen LogP contribution >= 0.6 is 24.0 Å². The summed E-state index contributed by atoms with van der Waals surface area (Å²) in [7, 11) is -2.01. The van der Waals surface area contributed by atoms with E-state index in [1.165, 1.54) is 7.05 Å². The molecule has 0 amide bonds. The lowest BCUT2D eigenvalue weighted by atomic mass is 10.0. The minimum atomic E-state index is -3.41. The van der Waals surface area contributed by atoms with Crippen molar-refractivity contribution in [3.8, 4) is 0 Å². The van der Waals surface area contributed by atoms with Gasteiger partial charge < -0.3 is 15.4 Å². The Kier molecular flexibility index (Phi) is 13.7. The van der Waals surface area contributed by atoms with E-state index in [0.717, 1.165) is 37.6 Å². The SMILES string of the molecule is CCNC(=NCc1ccc(S(=O)(=O)NC)cc1)NCCC(OCC)C(C)C.I. The van der Waals surface area contributed by atoms with Crippen LogP contribution in [0, 0.1) is 5.92 Å². The van der Waals surface area contributed by atoms with Gasteiger partial charge in [-0.1, -0.05) is 26.0 Å². The molecule has 3 N–H and O–H groups in total. The maximum Gasteiger partial charge on any atom is 0.240 e. The number of aliphatic imine (C=N–C) groups is 1. The molecule has 1 unspecified atom stereocenters. The third-order valence-electron chi connectivity index (χ3n) is 4.11. The summed E-state index contributed by atoms with van der Waals surface area (Å²) in [5, 5.41) is 6.56. The van der Waals surface area contributed by atoms with Crippen molar-refractivity contribution < 1.29 is 13.2 Å². The van der Waals surface area contributed by atoms with Gasteiger partial charge in [-0.15, -0.1) is 24.0 Å². The Labute approximate surface area is 187 Å². The van der Waals surface area contributed by atoms with Gasteiger partial charge in [0.2, 0.25) is 10.0 Å². The molecule has 1 rings (SSSR count). The van der Waals surface area contributed by atoms with Crippen molar-refractivity contribution in [3.05, 3.63) is 29.8 Å². The van der Waals surface area contributed by atoms with Crippen LogP contribution < -0.4 is 15.4 Å². The fourth-order valence-corrected chi connectivity index (χ4v) is 3.29. The van der Waals surface area contributed by atoms with Gasteiger partial charge in [0.25, 0.3) is 0 Å². The number of nitrogens with zero attached hydrogens (tertiary/aromatic N) is 1. The second kappa shape index (κ2) is 14.1. The predicted octanol–water partition coefficient (Wildman–Crippen LogP) is 2.72. The van der Waals surface area contributed by atoms with E-state index in [0.29, 0.717) is 12.5 Å². The largest absolute Gasteiger partial charge is 0.378 e. The van der Waals surface area contributed by atoms with Gasteiger partial charge in [-0.05, 0) is 50.9 Å². The van der Waals surface area contributed by atoms with Crippen molar-refractivity contribution in [2.45, 2.75) is 51.7 Å². The Balaban J connectivity index is 0.00000729. The molecule has 0 fully saturated rings. The van der Waals surface area contributed by atoms with Gasteiger partial charge >= 0.3 is 0 Å². The molecule has 0 aromatic heterocycles. The molecule has 0 aliphatic carbocycles. The highest BCUT2D eigenvalue weighted by Gasteiger charge is 2.13. The lowest BCUT2D eigenvalue weighted by Gasteiger charge is -2.21. The number of hydrogen-bond donors (Lipinski definition) is 3. The summed E-state index contributed by atoms with van der Waals surface area (Å²) in [6.45, 7) is 11.1. The molecule has 1 aromatic carbocycles. The van der Waals surface area contributed by atoms with Gasteiger partial charge in [-0.2, -0.15) is 0 Å². The Hall–Kier alpha value is -0.910. The first-order valence-corrected chi connectivity index (χ1v) is 11.0. The topological polar surface area (TPSA) is 91.8 Å².